The Kier molecular flexibility index (Phi) is 6.70. The first-order valence-corrected chi connectivity index (χ1v) is 10.8. The highest BCUT2D eigenvalue weighted by Gasteiger charge is 2.24. The van der Waals surface area contributed by atoms with Gasteiger partial charge in [-0.25, -0.2) is 0 Å². The Morgan fingerprint density at radius 1 is 1.16 bits per heavy atom. The second-order valence-electron chi connectivity index (χ2n) is 7.97. The van der Waals surface area contributed by atoms with Gasteiger partial charge < -0.3 is 29.4 Å². The summed E-state index contributed by atoms with van der Waals surface area (Å²) in [4.78, 5) is 4.67. The van der Waals surface area contributed by atoms with Crippen LogP contribution in [0, 0.1) is 0 Å². The van der Waals surface area contributed by atoms with Crippen molar-refractivity contribution >= 4 is 23.0 Å². The largest absolute Gasteiger partial charge is 0.484 e. The van der Waals surface area contributed by atoms with Crippen LogP contribution in [-0.4, -0.2) is 43.2 Å². The third-order valence-electron chi connectivity index (χ3n) is 5.59. The van der Waals surface area contributed by atoms with Crippen LogP contribution in [-0.2, 0) is 6.61 Å². The summed E-state index contributed by atoms with van der Waals surface area (Å²) >= 11 is 6.10. The van der Waals surface area contributed by atoms with Gasteiger partial charge in [-0.1, -0.05) is 23.7 Å². The maximum atomic E-state index is 10.5. The van der Waals surface area contributed by atoms with Gasteiger partial charge in [-0.3, -0.25) is 0 Å². The molecule has 6 nitrogen and oxygen atoms in total. The van der Waals surface area contributed by atoms with E-state index in [1.807, 2.05) is 24.3 Å². The number of aliphatic hydroxyl groups excluding tert-OH is 1. The van der Waals surface area contributed by atoms with E-state index in [2.05, 4.69) is 41.3 Å². The molecule has 3 aromatic rings. The van der Waals surface area contributed by atoms with Gasteiger partial charge in [0.15, 0.2) is 12.0 Å². The Balaban J connectivity index is 1.31. The molecule has 0 amide bonds. The number of anilines is 2. The third-order valence-corrected chi connectivity index (χ3v) is 5.90. The van der Waals surface area contributed by atoms with Crippen LogP contribution in [0.4, 0.5) is 11.4 Å². The van der Waals surface area contributed by atoms with Crippen LogP contribution in [0.3, 0.4) is 0 Å². The van der Waals surface area contributed by atoms with Gasteiger partial charge in [0, 0.05) is 30.5 Å². The van der Waals surface area contributed by atoms with Gasteiger partial charge >= 0.3 is 0 Å². The van der Waals surface area contributed by atoms with Crippen molar-refractivity contribution in [2.24, 2.45) is 0 Å². The van der Waals surface area contributed by atoms with E-state index in [1.54, 1.807) is 24.3 Å². The molecule has 0 saturated carbocycles. The molecular weight excluding hydrogens is 414 g/mol. The molecule has 7 heteroatoms. The molecule has 2 heterocycles. The number of para-hydroxylation sites is 1. The average molecular weight is 442 g/mol. The van der Waals surface area contributed by atoms with Crippen molar-refractivity contribution in [3.8, 4) is 5.75 Å². The van der Waals surface area contributed by atoms with Gasteiger partial charge in [0.2, 0.25) is 0 Å². The fraction of sp³-hybridized carbons (Fsp3) is 0.333. The predicted octanol–water partition coefficient (Wildman–Crippen LogP) is 4.76. The van der Waals surface area contributed by atoms with Gasteiger partial charge in [0.25, 0.3) is 0 Å². The Morgan fingerprint density at radius 3 is 2.65 bits per heavy atom. The number of nitrogens with one attached hydrogen (secondary N) is 1. The van der Waals surface area contributed by atoms with Crippen molar-refractivity contribution in [2.75, 3.05) is 37.4 Å². The molecule has 1 aliphatic rings. The van der Waals surface area contributed by atoms with Crippen molar-refractivity contribution in [2.45, 2.75) is 25.3 Å². The van der Waals surface area contributed by atoms with Crippen LogP contribution < -0.4 is 15.0 Å². The molecule has 1 aromatic heterocycles. The standard InChI is InChI=1S/C24H28ClN3O3/c1-27(2)19-13-14-28(15-19)18-9-7-17(8-10-18)26-24(29)23-12-11-20(31-23)16-30-22-6-4-3-5-21(22)25/h3-12,19,24,26,29H,13-16H2,1-2H3/t19-,24?/m0/s1. The van der Waals surface area contributed by atoms with Crippen molar-refractivity contribution in [1.29, 1.82) is 0 Å². The van der Waals surface area contributed by atoms with Crippen molar-refractivity contribution < 1.29 is 14.3 Å². The van der Waals surface area contributed by atoms with Crippen LogP contribution in [0.5, 0.6) is 5.75 Å². The lowest BCUT2D eigenvalue weighted by Gasteiger charge is -2.22. The quantitative estimate of drug-likeness (QED) is 0.492. The summed E-state index contributed by atoms with van der Waals surface area (Å²) in [6.45, 7) is 2.33. The van der Waals surface area contributed by atoms with E-state index in [0.29, 0.717) is 28.3 Å². The van der Waals surface area contributed by atoms with Crippen LogP contribution in [0.2, 0.25) is 5.02 Å². The fourth-order valence-electron chi connectivity index (χ4n) is 3.73. The summed E-state index contributed by atoms with van der Waals surface area (Å²) in [5, 5.41) is 14.1. The number of hydrogen-bond acceptors (Lipinski definition) is 6. The summed E-state index contributed by atoms with van der Waals surface area (Å²) in [7, 11) is 4.26. The number of likely N-dealkylation sites (N-methyl/N-ethyl adjacent to an activating group) is 1. The Labute approximate surface area is 188 Å². The zero-order chi connectivity index (χ0) is 21.8. The first-order chi connectivity index (χ1) is 15.0. The maximum Gasteiger partial charge on any atom is 0.184 e. The van der Waals surface area contributed by atoms with Crippen molar-refractivity contribution in [3.05, 3.63) is 77.2 Å². The third kappa shape index (κ3) is 5.34. The smallest absolute Gasteiger partial charge is 0.184 e. The second kappa shape index (κ2) is 9.64. The maximum absolute atomic E-state index is 10.5. The molecule has 0 radical (unpaired) electrons. The summed E-state index contributed by atoms with van der Waals surface area (Å²) in [6, 6.07) is 19.5. The zero-order valence-electron chi connectivity index (χ0n) is 17.8. The Hall–Kier alpha value is -2.67. The lowest BCUT2D eigenvalue weighted by Crippen LogP contribution is -2.31. The average Bonchev–Trinajstić information content (AvgIpc) is 3.44. The molecule has 0 spiro atoms. The predicted molar refractivity (Wildman–Crippen MR) is 124 cm³/mol. The first kappa shape index (κ1) is 21.6. The van der Waals surface area contributed by atoms with Crippen LogP contribution in [0.1, 0.15) is 24.2 Å². The SMILES string of the molecule is CN(C)[C@H]1CCN(c2ccc(NC(O)c3ccc(COc4ccccc4Cl)o3)cc2)C1. The monoisotopic (exact) mass is 441 g/mol. The van der Waals surface area contributed by atoms with Gasteiger partial charge in [0.05, 0.1) is 5.02 Å². The fourth-order valence-corrected chi connectivity index (χ4v) is 3.92. The van der Waals surface area contributed by atoms with E-state index in [0.717, 1.165) is 18.8 Å². The topological polar surface area (TPSA) is 61.1 Å². The molecule has 1 unspecified atom stereocenters. The van der Waals surface area contributed by atoms with E-state index in [9.17, 15) is 5.11 Å². The minimum atomic E-state index is -0.954. The molecule has 1 aliphatic heterocycles. The van der Waals surface area contributed by atoms with E-state index in [4.69, 9.17) is 20.8 Å². The van der Waals surface area contributed by atoms with Gasteiger partial charge in [-0.15, -0.1) is 0 Å². The highest BCUT2D eigenvalue weighted by Crippen LogP contribution is 2.27. The van der Waals surface area contributed by atoms with Crippen LogP contribution in [0.25, 0.3) is 0 Å². The van der Waals surface area contributed by atoms with Gasteiger partial charge in [-0.2, -0.15) is 0 Å². The van der Waals surface area contributed by atoms with Gasteiger partial charge in [-0.05, 0) is 69.0 Å². The van der Waals surface area contributed by atoms with E-state index < -0.39 is 6.23 Å². The molecule has 1 fully saturated rings. The molecule has 2 aromatic carbocycles. The molecule has 164 valence electrons. The molecule has 31 heavy (non-hydrogen) atoms. The minimum Gasteiger partial charge on any atom is -0.484 e. The highest BCUT2D eigenvalue weighted by molar-refractivity contribution is 6.32. The zero-order valence-corrected chi connectivity index (χ0v) is 18.5. The van der Waals surface area contributed by atoms with Crippen molar-refractivity contribution in [3.63, 3.8) is 0 Å². The molecule has 0 aliphatic carbocycles. The summed E-state index contributed by atoms with van der Waals surface area (Å²) in [6.07, 6.45) is 0.219. The number of hydrogen-bond donors (Lipinski definition) is 2. The molecular formula is C24H28ClN3O3. The molecule has 0 bridgehead atoms. The van der Waals surface area contributed by atoms with Gasteiger partial charge in [0.1, 0.15) is 18.1 Å². The first-order valence-electron chi connectivity index (χ1n) is 10.4. The number of rotatable bonds is 8. The van der Waals surface area contributed by atoms with Crippen molar-refractivity contribution in [1.82, 2.24) is 4.90 Å². The lowest BCUT2D eigenvalue weighted by atomic mass is 10.2. The number of halogens is 1. The van der Waals surface area contributed by atoms with E-state index in [-0.39, 0.29) is 6.61 Å². The molecule has 4 rings (SSSR count). The minimum absolute atomic E-state index is 0.231. The number of benzene rings is 2. The Bertz CT molecular complexity index is 990. The Morgan fingerprint density at radius 2 is 1.94 bits per heavy atom. The number of nitrogens with zero attached hydrogens (tertiary/aromatic N) is 2. The number of ether oxygens (including phenoxy) is 1. The lowest BCUT2D eigenvalue weighted by molar-refractivity contribution is 0.169. The van der Waals surface area contributed by atoms with Crippen LogP contribution in [0.15, 0.2) is 65.1 Å². The molecule has 2 atom stereocenters. The number of aliphatic hydroxyl groups is 1. The molecule has 2 N–H and O–H groups in total. The summed E-state index contributed by atoms with van der Waals surface area (Å²) < 4.78 is 11.4. The van der Waals surface area contributed by atoms with Crippen LogP contribution >= 0.6 is 11.6 Å². The van der Waals surface area contributed by atoms with E-state index in [1.165, 1.54) is 12.1 Å². The molecule has 1 saturated heterocycles. The normalized spacial score (nSPS) is 17.2. The summed E-state index contributed by atoms with van der Waals surface area (Å²) in [5.41, 5.74) is 2.02. The number of furan rings is 1. The highest BCUT2D eigenvalue weighted by atomic mass is 35.5. The second-order valence-corrected chi connectivity index (χ2v) is 8.38. The van der Waals surface area contributed by atoms with E-state index >= 15 is 0 Å². The summed E-state index contributed by atoms with van der Waals surface area (Å²) in [5.74, 6) is 1.63.